The topological polar surface area (TPSA) is 87.7 Å². The summed E-state index contributed by atoms with van der Waals surface area (Å²) in [6.07, 6.45) is 2.14. The Hall–Kier alpha value is -1.47. The van der Waals surface area contributed by atoms with E-state index in [9.17, 15) is 14.4 Å². The van der Waals surface area contributed by atoms with Crippen molar-refractivity contribution in [2.45, 2.75) is 38.3 Å². The number of rotatable bonds is 4. The van der Waals surface area contributed by atoms with Crippen molar-refractivity contribution in [1.29, 1.82) is 0 Å². The monoisotopic (exact) mass is 283 g/mol. The zero-order chi connectivity index (χ0) is 14.5. The summed E-state index contributed by atoms with van der Waals surface area (Å²) in [6.45, 7) is 3.05. The predicted molar refractivity (Wildman–Crippen MR) is 70.8 cm³/mol. The third-order valence-corrected chi connectivity index (χ3v) is 3.66. The lowest BCUT2D eigenvalue weighted by Crippen LogP contribution is -2.60. The van der Waals surface area contributed by atoms with Gasteiger partial charge in [-0.3, -0.25) is 24.6 Å². The van der Waals surface area contributed by atoms with Gasteiger partial charge >= 0.3 is 0 Å². The first-order valence-electron chi connectivity index (χ1n) is 7.06. The third-order valence-electron chi connectivity index (χ3n) is 3.66. The maximum absolute atomic E-state index is 12.0. The Morgan fingerprint density at radius 3 is 2.75 bits per heavy atom. The van der Waals surface area contributed by atoms with E-state index in [4.69, 9.17) is 4.74 Å². The molecule has 0 aromatic rings. The Morgan fingerprint density at radius 1 is 1.40 bits per heavy atom. The average molecular weight is 283 g/mol. The normalized spacial score (nSPS) is 24.9. The van der Waals surface area contributed by atoms with E-state index in [1.54, 1.807) is 0 Å². The minimum absolute atomic E-state index is 0.0753. The molecule has 0 aliphatic carbocycles. The van der Waals surface area contributed by atoms with Gasteiger partial charge in [-0.05, 0) is 19.3 Å². The van der Waals surface area contributed by atoms with Crippen LogP contribution in [0.5, 0.6) is 0 Å². The van der Waals surface area contributed by atoms with Crippen molar-refractivity contribution in [2.24, 2.45) is 0 Å². The molecule has 0 aromatic carbocycles. The summed E-state index contributed by atoms with van der Waals surface area (Å²) in [7, 11) is 0. The third kappa shape index (κ3) is 3.55. The molecule has 7 heteroatoms. The van der Waals surface area contributed by atoms with Crippen molar-refractivity contribution >= 4 is 17.7 Å². The van der Waals surface area contributed by atoms with Crippen molar-refractivity contribution < 1.29 is 19.1 Å². The van der Waals surface area contributed by atoms with Crippen LogP contribution in [0.1, 0.15) is 26.2 Å². The summed E-state index contributed by atoms with van der Waals surface area (Å²) in [5.74, 6) is -0.942. The maximum atomic E-state index is 12.0. The average Bonchev–Trinajstić information content (AvgIpc) is 2.45. The summed E-state index contributed by atoms with van der Waals surface area (Å²) in [5, 5.41) is 5.72. The van der Waals surface area contributed by atoms with Crippen molar-refractivity contribution in [3.8, 4) is 0 Å². The van der Waals surface area contributed by atoms with Gasteiger partial charge in [0.15, 0.2) is 0 Å². The number of ether oxygens (including phenoxy) is 1. The maximum Gasteiger partial charge on any atom is 0.246 e. The molecule has 2 fully saturated rings. The van der Waals surface area contributed by atoms with Crippen LogP contribution in [0.15, 0.2) is 0 Å². The molecule has 112 valence electrons. The van der Waals surface area contributed by atoms with Crippen LogP contribution in [-0.2, 0) is 19.1 Å². The molecular weight excluding hydrogens is 262 g/mol. The van der Waals surface area contributed by atoms with E-state index in [-0.39, 0.29) is 42.9 Å². The Labute approximate surface area is 118 Å². The Bertz CT molecular complexity index is 393. The number of carbonyl (C=O) groups is 3. The summed E-state index contributed by atoms with van der Waals surface area (Å²) in [4.78, 5) is 36.8. The second-order valence-corrected chi connectivity index (χ2v) is 5.11. The minimum Gasteiger partial charge on any atom is -0.381 e. The molecule has 3 amide bonds. The number of amides is 3. The highest BCUT2D eigenvalue weighted by atomic mass is 16.5. The second-order valence-electron chi connectivity index (χ2n) is 5.11. The van der Waals surface area contributed by atoms with E-state index < -0.39 is 0 Å². The van der Waals surface area contributed by atoms with Gasteiger partial charge < -0.3 is 10.1 Å². The highest BCUT2D eigenvalue weighted by Gasteiger charge is 2.34. The van der Waals surface area contributed by atoms with Crippen LogP contribution in [0.3, 0.4) is 0 Å². The van der Waals surface area contributed by atoms with Gasteiger partial charge in [-0.2, -0.15) is 0 Å². The molecule has 2 saturated heterocycles. The molecule has 1 unspecified atom stereocenters. The van der Waals surface area contributed by atoms with Gasteiger partial charge in [0.1, 0.15) is 6.54 Å². The van der Waals surface area contributed by atoms with Gasteiger partial charge in [0.25, 0.3) is 0 Å². The molecule has 2 heterocycles. The Balaban J connectivity index is 1.88. The Morgan fingerprint density at radius 2 is 2.10 bits per heavy atom. The highest BCUT2D eigenvalue weighted by molar-refractivity contribution is 6.03. The molecule has 2 N–H and O–H groups in total. The number of imide groups is 1. The van der Waals surface area contributed by atoms with E-state index in [1.165, 1.54) is 0 Å². The number of hydrogen-bond donors (Lipinski definition) is 2. The molecule has 0 aromatic heterocycles. The van der Waals surface area contributed by atoms with Crippen LogP contribution in [0.2, 0.25) is 0 Å². The van der Waals surface area contributed by atoms with Gasteiger partial charge in [-0.15, -0.1) is 0 Å². The van der Waals surface area contributed by atoms with Crippen LogP contribution in [0.4, 0.5) is 0 Å². The van der Waals surface area contributed by atoms with Gasteiger partial charge in [-0.1, -0.05) is 6.92 Å². The SMILES string of the molecule is CCC1NCC(=O)N(CC(=O)NC2CCOCC2)C1=O. The van der Waals surface area contributed by atoms with Crippen molar-refractivity contribution in [2.75, 3.05) is 26.3 Å². The van der Waals surface area contributed by atoms with Crippen molar-refractivity contribution in [1.82, 2.24) is 15.5 Å². The molecule has 2 aliphatic heterocycles. The molecule has 0 spiro atoms. The van der Waals surface area contributed by atoms with E-state index in [1.807, 2.05) is 6.92 Å². The zero-order valence-corrected chi connectivity index (χ0v) is 11.7. The highest BCUT2D eigenvalue weighted by Crippen LogP contribution is 2.08. The quantitative estimate of drug-likeness (QED) is 0.647. The minimum atomic E-state index is -0.372. The molecular formula is C13H21N3O4. The predicted octanol–water partition coefficient (Wildman–Crippen LogP) is -0.981. The fraction of sp³-hybridized carbons (Fsp3) is 0.769. The van der Waals surface area contributed by atoms with Crippen LogP contribution in [-0.4, -0.2) is 61.0 Å². The fourth-order valence-electron chi connectivity index (χ4n) is 2.45. The van der Waals surface area contributed by atoms with Crippen molar-refractivity contribution in [3.63, 3.8) is 0 Å². The van der Waals surface area contributed by atoms with Gasteiger partial charge in [0.05, 0.1) is 12.6 Å². The molecule has 0 saturated carbocycles. The Kier molecular flexibility index (Phi) is 5.08. The van der Waals surface area contributed by atoms with Crippen LogP contribution in [0, 0.1) is 0 Å². The van der Waals surface area contributed by atoms with Gasteiger partial charge in [0.2, 0.25) is 17.7 Å². The summed E-state index contributed by atoms with van der Waals surface area (Å²) < 4.78 is 5.22. The molecule has 2 aliphatic rings. The van der Waals surface area contributed by atoms with Gasteiger partial charge in [-0.25, -0.2) is 0 Å². The smallest absolute Gasteiger partial charge is 0.246 e. The van der Waals surface area contributed by atoms with E-state index in [0.29, 0.717) is 19.6 Å². The molecule has 20 heavy (non-hydrogen) atoms. The number of nitrogens with one attached hydrogen (secondary N) is 2. The first-order chi connectivity index (χ1) is 9.61. The number of hydrogen-bond acceptors (Lipinski definition) is 5. The standard InChI is InChI=1S/C13H21N3O4/c1-2-10-13(19)16(12(18)7-14-10)8-11(17)15-9-3-5-20-6-4-9/h9-10,14H,2-8H2,1H3,(H,15,17). The lowest BCUT2D eigenvalue weighted by atomic mass is 10.1. The van der Waals surface area contributed by atoms with Crippen LogP contribution >= 0.6 is 0 Å². The molecule has 1 atom stereocenters. The van der Waals surface area contributed by atoms with E-state index in [0.717, 1.165) is 17.7 Å². The number of carbonyl (C=O) groups excluding carboxylic acids is 3. The summed E-state index contributed by atoms with van der Waals surface area (Å²) in [6, 6.07) is -0.296. The number of nitrogens with zero attached hydrogens (tertiary/aromatic N) is 1. The van der Waals surface area contributed by atoms with Crippen molar-refractivity contribution in [3.05, 3.63) is 0 Å². The summed E-state index contributed by atoms with van der Waals surface area (Å²) in [5.41, 5.74) is 0. The van der Waals surface area contributed by atoms with E-state index >= 15 is 0 Å². The molecule has 7 nitrogen and oxygen atoms in total. The number of piperazine rings is 1. The van der Waals surface area contributed by atoms with Crippen LogP contribution < -0.4 is 10.6 Å². The molecule has 0 radical (unpaired) electrons. The van der Waals surface area contributed by atoms with Gasteiger partial charge in [0, 0.05) is 19.3 Å². The van der Waals surface area contributed by atoms with E-state index in [2.05, 4.69) is 10.6 Å². The summed E-state index contributed by atoms with van der Waals surface area (Å²) >= 11 is 0. The van der Waals surface area contributed by atoms with Crippen LogP contribution in [0.25, 0.3) is 0 Å². The molecule has 2 rings (SSSR count). The molecule has 0 bridgehead atoms. The second kappa shape index (κ2) is 6.81. The first kappa shape index (κ1) is 14.9. The lowest BCUT2D eigenvalue weighted by Gasteiger charge is -2.31. The first-order valence-corrected chi connectivity index (χ1v) is 7.06. The zero-order valence-electron chi connectivity index (χ0n) is 11.7. The largest absolute Gasteiger partial charge is 0.381 e. The fourth-order valence-corrected chi connectivity index (χ4v) is 2.45. The lowest BCUT2D eigenvalue weighted by molar-refractivity contribution is -0.152.